The first-order valence-corrected chi connectivity index (χ1v) is 6.86. The lowest BCUT2D eigenvalue weighted by atomic mass is 10.1. The van der Waals surface area contributed by atoms with Crippen molar-refractivity contribution >= 4 is 0 Å². The van der Waals surface area contributed by atoms with Crippen LogP contribution in [0.3, 0.4) is 0 Å². The molecular weight excluding hydrogens is 218 g/mol. The fraction of sp³-hybridized carbons (Fsp3) is 1.00. The smallest absolute Gasteiger partial charge is 0.158 e. The van der Waals surface area contributed by atoms with E-state index in [2.05, 4.69) is 11.8 Å². The minimum absolute atomic E-state index is 0.0506. The van der Waals surface area contributed by atoms with Crippen molar-refractivity contribution in [2.45, 2.75) is 45.9 Å². The second-order valence-electron chi connectivity index (χ2n) is 4.30. The van der Waals surface area contributed by atoms with Crippen LogP contribution in [0.1, 0.15) is 33.6 Å². The first-order valence-electron chi connectivity index (χ1n) is 6.86. The van der Waals surface area contributed by atoms with Crippen molar-refractivity contribution in [2.24, 2.45) is 0 Å². The number of hydrogen-bond acceptors (Lipinski definition) is 4. The van der Waals surface area contributed by atoms with Crippen molar-refractivity contribution in [3.05, 3.63) is 0 Å². The molecule has 1 aliphatic rings. The monoisotopic (exact) mass is 245 g/mol. The molecule has 4 heteroatoms. The van der Waals surface area contributed by atoms with E-state index in [9.17, 15) is 0 Å². The Morgan fingerprint density at radius 1 is 1.24 bits per heavy atom. The highest BCUT2D eigenvalue weighted by Gasteiger charge is 2.22. The number of nitrogens with zero attached hydrogens (tertiary/aromatic N) is 1. The van der Waals surface area contributed by atoms with Crippen LogP contribution in [0.5, 0.6) is 0 Å². The van der Waals surface area contributed by atoms with Crippen LogP contribution in [0, 0.1) is 0 Å². The van der Waals surface area contributed by atoms with Crippen LogP contribution >= 0.6 is 0 Å². The van der Waals surface area contributed by atoms with Crippen molar-refractivity contribution in [1.82, 2.24) is 4.90 Å². The molecule has 0 bridgehead atoms. The molecule has 1 unspecified atom stereocenters. The molecule has 1 rings (SSSR count). The summed E-state index contributed by atoms with van der Waals surface area (Å²) in [7, 11) is 0. The number of morpholine rings is 1. The van der Waals surface area contributed by atoms with Crippen molar-refractivity contribution < 1.29 is 14.2 Å². The van der Waals surface area contributed by atoms with Gasteiger partial charge in [0.05, 0.1) is 13.2 Å². The van der Waals surface area contributed by atoms with E-state index in [1.54, 1.807) is 0 Å². The lowest BCUT2D eigenvalue weighted by molar-refractivity contribution is -0.144. The predicted molar refractivity (Wildman–Crippen MR) is 68.1 cm³/mol. The second-order valence-corrected chi connectivity index (χ2v) is 4.30. The average Bonchev–Trinajstić information content (AvgIpc) is 2.37. The summed E-state index contributed by atoms with van der Waals surface area (Å²) < 4.78 is 16.6. The van der Waals surface area contributed by atoms with E-state index in [1.807, 2.05) is 13.8 Å². The van der Waals surface area contributed by atoms with Crippen LogP contribution in [-0.2, 0) is 14.2 Å². The van der Waals surface area contributed by atoms with Crippen LogP contribution in [-0.4, -0.2) is 56.7 Å². The van der Waals surface area contributed by atoms with Gasteiger partial charge in [-0.3, -0.25) is 4.90 Å². The van der Waals surface area contributed by atoms with E-state index >= 15 is 0 Å². The quantitative estimate of drug-likeness (QED) is 0.611. The SMILES string of the molecule is CCOC(CCN1CCOCC1CC)OCC. The second kappa shape index (κ2) is 8.86. The molecule has 0 aliphatic carbocycles. The average molecular weight is 245 g/mol. The molecule has 0 aromatic heterocycles. The van der Waals surface area contributed by atoms with Crippen LogP contribution < -0.4 is 0 Å². The highest BCUT2D eigenvalue weighted by molar-refractivity contribution is 4.74. The summed E-state index contributed by atoms with van der Waals surface area (Å²) in [5.74, 6) is 0. The van der Waals surface area contributed by atoms with E-state index in [4.69, 9.17) is 14.2 Å². The molecule has 17 heavy (non-hydrogen) atoms. The maximum absolute atomic E-state index is 5.56. The summed E-state index contributed by atoms with van der Waals surface area (Å²) in [5.41, 5.74) is 0. The molecule has 1 atom stereocenters. The van der Waals surface area contributed by atoms with E-state index in [-0.39, 0.29) is 6.29 Å². The summed E-state index contributed by atoms with van der Waals surface area (Å²) in [6.45, 7) is 11.4. The maximum atomic E-state index is 5.56. The Kier molecular flexibility index (Phi) is 7.77. The van der Waals surface area contributed by atoms with Gasteiger partial charge in [-0.2, -0.15) is 0 Å². The van der Waals surface area contributed by atoms with Gasteiger partial charge in [-0.05, 0) is 20.3 Å². The summed E-state index contributed by atoms with van der Waals surface area (Å²) >= 11 is 0. The molecule has 0 amide bonds. The van der Waals surface area contributed by atoms with Crippen LogP contribution in [0.4, 0.5) is 0 Å². The molecule has 0 radical (unpaired) electrons. The van der Waals surface area contributed by atoms with Crippen molar-refractivity contribution in [2.75, 3.05) is 39.5 Å². The zero-order valence-corrected chi connectivity index (χ0v) is 11.5. The lowest BCUT2D eigenvalue weighted by Gasteiger charge is -2.35. The minimum atomic E-state index is -0.0506. The Balaban J connectivity index is 2.30. The third kappa shape index (κ3) is 5.34. The largest absolute Gasteiger partial charge is 0.378 e. The van der Waals surface area contributed by atoms with Crippen molar-refractivity contribution in [3.8, 4) is 0 Å². The van der Waals surface area contributed by atoms with Gasteiger partial charge < -0.3 is 14.2 Å². The van der Waals surface area contributed by atoms with Gasteiger partial charge in [-0.15, -0.1) is 0 Å². The van der Waals surface area contributed by atoms with Crippen molar-refractivity contribution in [3.63, 3.8) is 0 Å². The molecule has 4 nitrogen and oxygen atoms in total. The van der Waals surface area contributed by atoms with Crippen LogP contribution in [0.15, 0.2) is 0 Å². The molecule has 0 N–H and O–H groups in total. The Hall–Kier alpha value is -0.160. The summed E-state index contributed by atoms with van der Waals surface area (Å²) in [6, 6.07) is 0.563. The van der Waals surface area contributed by atoms with Gasteiger partial charge in [0.1, 0.15) is 0 Å². The topological polar surface area (TPSA) is 30.9 Å². The van der Waals surface area contributed by atoms with E-state index in [1.165, 1.54) is 0 Å². The molecule has 1 fully saturated rings. The van der Waals surface area contributed by atoms with Crippen molar-refractivity contribution in [1.29, 1.82) is 0 Å². The van der Waals surface area contributed by atoms with Gasteiger partial charge in [-0.1, -0.05) is 6.92 Å². The molecule has 0 spiro atoms. The zero-order valence-electron chi connectivity index (χ0n) is 11.5. The molecule has 102 valence electrons. The fourth-order valence-electron chi connectivity index (χ4n) is 2.22. The number of hydrogen-bond donors (Lipinski definition) is 0. The Morgan fingerprint density at radius 2 is 1.94 bits per heavy atom. The Labute approximate surface area is 105 Å². The number of ether oxygens (including phenoxy) is 3. The Bertz CT molecular complexity index is 184. The third-order valence-electron chi connectivity index (χ3n) is 3.18. The predicted octanol–water partition coefficient (Wildman–Crippen LogP) is 1.89. The van der Waals surface area contributed by atoms with E-state index in [0.717, 1.165) is 39.1 Å². The summed E-state index contributed by atoms with van der Waals surface area (Å²) in [4.78, 5) is 2.49. The fourth-order valence-corrected chi connectivity index (χ4v) is 2.22. The van der Waals surface area contributed by atoms with Crippen LogP contribution in [0.25, 0.3) is 0 Å². The van der Waals surface area contributed by atoms with Gasteiger partial charge in [-0.25, -0.2) is 0 Å². The van der Waals surface area contributed by atoms with E-state index < -0.39 is 0 Å². The first-order chi connectivity index (χ1) is 8.31. The molecule has 0 saturated carbocycles. The van der Waals surface area contributed by atoms with Gasteiger partial charge in [0.25, 0.3) is 0 Å². The van der Waals surface area contributed by atoms with Gasteiger partial charge in [0.2, 0.25) is 0 Å². The molecule has 0 aromatic rings. The minimum Gasteiger partial charge on any atom is -0.378 e. The molecule has 1 aliphatic heterocycles. The molecule has 0 aromatic carbocycles. The molecular formula is C13H27NO3. The van der Waals surface area contributed by atoms with Crippen LogP contribution in [0.2, 0.25) is 0 Å². The first kappa shape index (κ1) is 14.9. The van der Waals surface area contributed by atoms with Gasteiger partial charge >= 0.3 is 0 Å². The standard InChI is InChI=1S/C13H27NO3/c1-4-12-11-15-10-9-14(12)8-7-13(16-5-2)17-6-3/h12-13H,4-11H2,1-3H3. The highest BCUT2D eigenvalue weighted by Crippen LogP contribution is 2.12. The Morgan fingerprint density at radius 3 is 2.53 bits per heavy atom. The number of rotatable bonds is 8. The van der Waals surface area contributed by atoms with E-state index in [0.29, 0.717) is 19.3 Å². The normalized spacial score (nSPS) is 22.2. The molecule has 1 heterocycles. The molecule has 1 saturated heterocycles. The van der Waals surface area contributed by atoms with Gasteiger partial charge in [0, 0.05) is 38.8 Å². The summed E-state index contributed by atoms with van der Waals surface area (Å²) in [5, 5.41) is 0. The third-order valence-corrected chi connectivity index (χ3v) is 3.18. The maximum Gasteiger partial charge on any atom is 0.158 e. The summed E-state index contributed by atoms with van der Waals surface area (Å²) in [6.07, 6.45) is 2.04. The van der Waals surface area contributed by atoms with Gasteiger partial charge in [0.15, 0.2) is 6.29 Å². The zero-order chi connectivity index (χ0) is 12.5. The lowest BCUT2D eigenvalue weighted by Crippen LogP contribution is -2.46. The highest BCUT2D eigenvalue weighted by atomic mass is 16.7.